The Balaban J connectivity index is 1.44. The molecule has 0 radical (unpaired) electrons. The van der Waals surface area contributed by atoms with E-state index in [4.69, 9.17) is 0 Å². The number of aromatic nitrogens is 3. The zero-order chi connectivity index (χ0) is 18.5. The van der Waals surface area contributed by atoms with E-state index in [9.17, 15) is 18.0 Å². The zero-order valence-electron chi connectivity index (χ0n) is 14.1. The van der Waals surface area contributed by atoms with Gasteiger partial charge in [-0.3, -0.25) is 9.69 Å². The molecule has 2 atom stereocenters. The number of nitrogens with zero attached hydrogens (tertiary/aromatic N) is 4. The molecule has 2 fully saturated rings. The molecule has 2 saturated heterocycles. The van der Waals surface area contributed by atoms with Crippen LogP contribution in [-0.4, -0.2) is 49.3 Å². The van der Waals surface area contributed by atoms with Gasteiger partial charge in [0.25, 0.3) is 0 Å². The molecule has 4 heterocycles. The van der Waals surface area contributed by atoms with Crippen molar-refractivity contribution >= 4 is 17.2 Å². The minimum Gasteiger partial charge on any atom is -0.337 e. The van der Waals surface area contributed by atoms with Crippen LogP contribution in [0.5, 0.6) is 0 Å². The summed E-state index contributed by atoms with van der Waals surface area (Å²) in [5.74, 6) is 0.352. The first-order chi connectivity index (χ1) is 12.3. The fourth-order valence-electron chi connectivity index (χ4n) is 3.85. The molecule has 2 aromatic rings. The van der Waals surface area contributed by atoms with Gasteiger partial charge in [-0.05, 0) is 13.3 Å². The van der Waals surface area contributed by atoms with Gasteiger partial charge in [-0.25, -0.2) is 9.97 Å². The first-order valence-electron chi connectivity index (χ1n) is 8.37. The lowest BCUT2D eigenvalue weighted by atomic mass is 10.1. The van der Waals surface area contributed by atoms with Crippen molar-refractivity contribution in [1.82, 2.24) is 24.8 Å². The van der Waals surface area contributed by atoms with Crippen LogP contribution in [0, 0.1) is 6.92 Å². The molecule has 1 amide bonds. The van der Waals surface area contributed by atoms with Gasteiger partial charge in [-0.2, -0.15) is 13.2 Å². The Hall–Kier alpha value is -1.94. The Labute approximate surface area is 152 Å². The molecule has 0 aliphatic carbocycles. The number of halogens is 3. The Morgan fingerprint density at radius 2 is 2.15 bits per heavy atom. The number of hydrogen-bond donors (Lipinski definition) is 1. The number of fused-ring (bicyclic) bond motifs is 1. The number of carbonyl (C=O) groups excluding carboxylic acids is 1. The predicted octanol–water partition coefficient (Wildman–Crippen LogP) is 2.57. The Morgan fingerprint density at radius 3 is 2.81 bits per heavy atom. The van der Waals surface area contributed by atoms with E-state index in [0.717, 1.165) is 29.9 Å². The number of nitrogens with one attached hydrogen (secondary N) is 1. The summed E-state index contributed by atoms with van der Waals surface area (Å²) in [5, 5.41) is 2.93. The molecule has 0 spiro atoms. The number of aromatic amines is 1. The quantitative estimate of drug-likeness (QED) is 0.879. The zero-order valence-corrected chi connectivity index (χ0v) is 14.9. The van der Waals surface area contributed by atoms with Gasteiger partial charge in [0.1, 0.15) is 11.5 Å². The maximum atomic E-state index is 12.7. The van der Waals surface area contributed by atoms with Crippen molar-refractivity contribution in [2.75, 3.05) is 6.54 Å². The van der Waals surface area contributed by atoms with Crippen molar-refractivity contribution < 1.29 is 18.0 Å². The highest BCUT2D eigenvalue weighted by atomic mass is 32.1. The Bertz CT molecular complexity index is 817. The lowest BCUT2D eigenvalue weighted by Crippen LogP contribution is -2.37. The molecule has 2 aromatic heterocycles. The molecule has 0 bridgehead atoms. The number of alkyl halides is 3. The molecule has 1 N–H and O–H groups in total. The summed E-state index contributed by atoms with van der Waals surface area (Å²) in [4.78, 5) is 27.0. The van der Waals surface area contributed by atoms with Gasteiger partial charge in [-0.15, -0.1) is 11.3 Å². The van der Waals surface area contributed by atoms with Gasteiger partial charge in [0.2, 0.25) is 5.91 Å². The second kappa shape index (κ2) is 6.34. The number of rotatable bonds is 4. The summed E-state index contributed by atoms with van der Waals surface area (Å²) in [6.07, 6.45) is -2.41. The second-order valence-corrected chi connectivity index (χ2v) is 7.78. The van der Waals surface area contributed by atoms with E-state index in [0.29, 0.717) is 13.0 Å². The fraction of sp³-hybridized carbons (Fsp3) is 0.562. The highest BCUT2D eigenvalue weighted by molar-refractivity contribution is 7.09. The van der Waals surface area contributed by atoms with Crippen LogP contribution in [0.15, 0.2) is 11.6 Å². The number of aryl methyl sites for hydroxylation is 1. The van der Waals surface area contributed by atoms with Crippen LogP contribution in [0.3, 0.4) is 0 Å². The van der Waals surface area contributed by atoms with Crippen LogP contribution in [0.4, 0.5) is 13.2 Å². The molecule has 6 nitrogen and oxygen atoms in total. The van der Waals surface area contributed by atoms with E-state index in [1.807, 2.05) is 22.1 Å². The van der Waals surface area contributed by atoms with E-state index < -0.39 is 11.9 Å². The van der Waals surface area contributed by atoms with Crippen LogP contribution < -0.4 is 0 Å². The molecule has 140 valence electrons. The van der Waals surface area contributed by atoms with Crippen LogP contribution in [-0.2, 0) is 24.1 Å². The number of imidazole rings is 1. The molecule has 2 aliphatic heterocycles. The number of thiazole rings is 1. The average molecular weight is 385 g/mol. The first-order valence-corrected chi connectivity index (χ1v) is 9.25. The number of amides is 1. The smallest absolute Gasteiger partial charge is 0.337 e. The van der Waals surface area contributed by atoms with Gasteiger partial charge in [0.05, 0.1) is 30.0 Å². The molecule has 0 unspecified atom stereocenters. The van der Waals surface area contributed by atoms with E-state index in [1.54, 1.807) is 11.3 Å². The van der Waals surface area contributed by atoms with E-state index in [-0.39, 0.29) is 30.4 Å². The Morgan fingerprint density at radius 1 is 1.35 bits per heavy atom. The van der Waals surface area contributed by atoms with Crippen molar-refractivity contribution in [3.8, 4) is 0 Å². The third kappa shape index (κ3) is 3.23. The summed E-state index contributed by atoms with van der Waals surface area (Å²) in [5.41, 5.74) is 0.0482. The van der Waals surface area contributed by atoms with Crippen molar-refractivity contribution in [3.05, 3.63) is 33.8 Å². The molecule has 0 saturated carbocycles. The maximum Gasteiger partial charge on any atom is 0.432 e. The van der Waals surface area contributed by atoms with Gasteiger partial charge in [0.15, 0.2) is 0 Å². The van der Waals surface area contributed by atoms with Gasteiger partial charge < -0.3 is 9.88 Å². The first kappa shape index (κ1) is 17.5. The normalized spacial score (nSPS) is 23.8. The molecular formula is C16H18F3N5OS. The molecule has 10 heteroatoms. The molecule has 4 rings (SSSR count). The molecule has 26 heavy (non-hydrogen) atoms. The third-order valence-corrected chi connectivity index (χ3v) is 5.84. The summed E-state index contributed by atoms with van der Waals surface area (Å²) in [6.45, 7) is 3.45. The summed E-state index contributed by atoms with van der Waals surface area (Å²) >= 11 is 1.56. The molecule has 2 aliphatic rings. The minimum atomic E-state index is -4.43. The van der Waals surface area contributed by atoms with Crippen molar-refractivity contribution in [2.45, 2.75) is 51.1 Å². The summed E-state index contributed by atoms with van der Waals surface area (Å²) in [6, 6.07) is 0.100. The summed E-state index contributed by atoms with van der Waals surface area (Å²) in [7, 11) is 0. The SMILES string of the molecule is Cc1nc(CN2C(=O)C[C@H]3[C@@H]2CCN3Cc2ncc(C(F)(F)F)[nH]2)cs1. The van der Waals surface area contributed by atoms with Crippen LogP contribution in [0.25, 0.3) is 0 Å². The lowest BCUT2D eigenvalue weighted by Gasteiger charge is -2.24. The highest BCUT2D eigenvalue weighted by Gasteiger charge is 2.46. The van der Waals surface area contributed by atoms with Gasteiger partial charge in [-0.1, -0.05) is 0 Å². The van der Waals surface area contributed by atoms with Gasteiger partial charge in [0, 0.05) is 30.4 Å². The van der Waals surface area contributed by atoms with Crippen molar-refractivity contribution in [1.29, 1.82) is 0 Å². The van der Waals surface area contributed by atoms with Crippen molar-refractivity contribution in [3.63, 3.8) is 0 Å². The van der Waals surface area contributed by atoms with Crippen LogP contribution in [0.1, 0.15) is 35.1 Å². The third-order valence-electron chi connectivity index (χ3n) is 5.02. The van der Waals surface area contributed by atoms with E-state index >= 15 is 0 Å². The fourth-order valence-corrected chi connectivity index (χ4v) is 4.45. The molecular weight excluding hydrogens is 367 g/mol. The van der Waals surface area contributed by atoms with E-state index in [2.05, 4.69) is 15.0 Å². The summed E-state index contributed by atoms with van der Waals surface area (Å²) < 4.78 is 38.1. The van der Waals surface area contributed by atoms with E-state index in [1.165, 1.54) is 0 Å². The lowest BCUT2D eigenvalue weighted by molar-refractivity contribution is -0.141. The number of H-pyrrole nitrogens is 1. The Kier molecular flexibility index (Phi) is 4.26. The predicted molar refractivity (Wildman–Crippen MR) is 88.2 cm³/mol. The second-order valence-electron chi connectivity index (χ2n) is 6.72. The van der Waals surface area contributed by atoms with Crippen LogP contribution in [0.2, 0.25) is 0 Å². The molecule has 0 aromatic carbocycles. The average Bonchev–Trinajstić information content (AvgIpc) is 3.30. The topological polar surface area (TPSA) is 65.1 Å². The van der Waals surface area contributed by atoms with Gasteiger partial charge >= 0.3 is 6.18 Å². The number of likely N-dealkylation sites (tertiary alicyclic amines) is 2. The van der Waals surface area contributed by atoms with Crippen LogP contribution >= 0.6 is 11.3 Å². The standard InChI is InChI=1S/C16H18F3N5OS/c1-9-21-10(8-26-9)6-24-11-2-3-23(12(11)4-15(24)25)7-14-20-5-13(22-14)16(17,18)19/h5,8,11-12H,2-4,6-7H2,1H3,(H,20,22)/t11-,12-/m0/s1. The monoisotopic (exact) mass is 385 g/mol. The van der Waals surface area contributed by atoms with Crippen molar-refractivity contribution in [2.24, 2.45) is 0 Å². The number of carbonyl (C=O) groups is 1. The highest BCUT2D eigenvalue weighted by Crippen LogP contribution is 2.35. The minimum absolute atomic E-state index is 0.0154. The maximum absolute atomic E-state index is 12.7. The number of hydrogen-bond acceptors (Lipinski definition) is 5. The largest absolute Gasteiger partial charge is 0.432 e.